The predicted molar refractivity (Wildman–Crippen MR) is 47.3 cm³/mol. The van der Waals surface area contributed by atoms with E-state index in [9.17, 15) is 8.42 Å². The molecule has 1 aliphatic rings. The molecule has 0 amide bonds. The quantitative estimate of drug-likeness (QED) is 0.620. The smallest absolute Gasteiger partial charge is 0.287 e. The van der Waals surface area contributed by atoms with Crippen LogP contribution in [0.2, 0.25) is 0 Å². The van der Waals surface area contributed by atoms with Gasteiger partial charge in [0.2, 0.25) is 0 Å². The van der Waals surface area contributed by atoms with Gasteiger partial charge in [-0.05, 0) is 18.2 Å². The van der Waals surface area contributed by atoms with Crippen molar-refractivity contribution < 1.29 is 17.7 Å². The van der Waals surface area contributed by atoms with Crippen molar-refractivity contribution in [1.82, 2.24) is 0 Å². The van der Waals surface area contributed by atoms with E-state index >= 15 is 0 Å². The molecule has 1 rings (SSSR count). The molecule has 0 bridgehead atoms. The van der Waals surface area contributed by atoms with Gasteiger partial charge < -0.3 is 10.5 Å². The van der Waals surface area contributed by atoms with E-state index in [-0.39, 0.29) is 6.42 Å². The molecule has 0 radical (unpaired) electrons. The molecule has 0 saturated heterocycles. The first-order valence-corrected chi connectivity index (χ1v) is 5.02. The molecule has 13 heavy (non-hydrogen) atoms. The molecule has 5 nitrogen and oxygen atoms in total. The van der Waals surface area contributed by atoms with E-state index in [0.717, 1.165) is 0 Å². The molecule has 0 spiro atoms. The van der Waals surface area contributed by atoms with Crippen molar-refractivity contribution in [2.24, 2.45) is 5.73 Å². The maximum atomic E-state index is 10.8. The third-order valence-electron chi connectivity index (χ3n) is 1.87. The van der Waals surface area contributed by atoms with Gasteiger partial charge in [-0.2, -0.15) is 8.42 Å². The summed E-state index contributed by atoms with van der Waals surface area (Å²) in [5, 5.41) is 0. The number of hydrogen-bond acceptors (Lipinski definition) is 4. The Bertz CT molecular complexity index is 357. The monoisotopic (exact) mass is 205 g/mol. The van der Waals surface area contributed by atoms with Crippen LogP contribution in [0.15, 0.2) is 24.0 Å². The third-order valence-corrected chi connectivity index (χ3v) is 3.13. The van der Waals surface area contributed by atoms with Crippen molar-refractivity contribution >= 4 is 10.1 Å². The molecule has 0 fully saturated rings. The number of nitrogens with two attached hydrogens (primary N) is 1. The Morgan fingerprint density at radius 3 is 2.62 bits per heavy atom. The number of rotatable bonds is 2. The Hall–Kier alpha value is -0.850. The summed E-state index contributed by atoms with van der Waals surface area (Å²) in [6.07, 6.45) is 4.14. The summed E-state index contributed by atoms with van der Waals surface area (Å²) in [5.74, 6) is 0.532. The van der Waals surface area contributed by atoms with Crippen LogP contribution in [0.25, 0.3) is 0 Å². The summed E-state index contributed by atoms with van der Waals surface area (Å²) in [6.45, 7) is 0. The van der Waals surface area contributed by atoms with Gasteiger partial charge in [-0.25, -0.2) is 0 Å². The highest BCUT2D eigenvalue weighted by Gasteiger charge is 2.36. The van der Waals surface area contributed by atoms with Crippen LogP contribution in [0.5, 0.6) is 0 Å². The van der Waals surface area contributed by atoms with Crippen LogP contribution in [0.1, 0.15) is 6.42 Å². The van der Waals surface area contributed by atoms with Crippen LogP contribution in [0, 0.1) is 0 Å². The lowest BCUT2D eigenvalue weighted by molar-refractivity contribution is 0.301. The SMILES string of the molecule is COC1=CCC(N)(S(=O)(=O)O)C=C1. The van der Waals surface area contributed by atoms with E-state index in [1.54, 1.807) is 0 Å². The first-order valence-electron chi connectivity index (χ1n) is 3.58. The largest absolute Gasteiger partial charge is 0.497 e. The van der Waals surface area contributed by atoms with Gasteiger partial charge in [0.1, 0.15) is 5.76 Å². The lowest BCUT2D eigenvalue weighted by atomic mass is 10.1. The third kappa shape index (κ3) is 1.90. The highest BCUT2D eigenvalue weighted by atomic mass is 32.2. The Morgan fingerprint density at radius 2 is 2.31 bits per heavy atom. The average molecular weight is 205 g/mol. The van der Waals surface area contributed by atoms with Crippen LogP contribution in [-0.2, 0) is 14.9 Å². The van der Waals surface area contributed by atoms with Gasteiger partial charge >= 0.3 is 0 Å². The molecule has 74 valence electrons. The predicted octanol–water partition coefficient (Wildman–Crippen LogP) is 0.0194. The van der Waals surface area contributed by atoms with Crippen molar-refractivity contribution in [3.63, 3.8) is 0 Å². The van der Waals surface area contributed by atoms with E-state index in [4.69, 9.17) is 15.0 Å². The van der Waals surface area contributed by atoms with Gasteiger partial charge in [-0.3, -0.25) is 4.55 Å². The molecule has 0 aliphatic heterocycles. The molecule has 3 N–H and O–H groups in total. The van der Waals surface area contributed by atoms with E-state index in [2.05, 4.69) is 0 Å². The normalized spacial score (nSPS) is 28.4. The lowest BCUT2D eigenvalue weighted by Gasteiger charge is -2.23. The van der Waals surface area contributed by atoms with Crippen molar-refractivity contribution in [2.45, 2.75) is 11.3 Å². The van der Waals surface area contributed by atoms with Crippen LogP contribution < -0.4 is 5.73 Å². The van der Waals surface area contributed by atoms with Crippen LogP contribution in [-0.4, -0.2) is 25.0 Å². The molecule has 1 unspecified atom stereocenters. The summed E-state index contributed by atoms with van der Waals surface area (Å²) in [4.78, 5) is -1.71. The summed E-state index contributed by atoms with van der Waals surface area (Å²) in [6, 6.07) is 0. The van der Waals surface area contributed by atoms with Gasteiger partial charge in [0.15, 0.2) is 4.87 Å². The van der Waals surface area contributed by atoms with Gasteiger partial charge in [0.05, 0.1) is 7.11 Å². The van der Waals surface area contributed by atoms with Crippen LogP contribution in [0.4, 0.5) is 0 Å². The van der Waals surface area contributed by atoms with Crippen LogP contribution in [0.3, 0.4) is 0 Å². The zero-order valence-corrected chi connectivity index (χ0v) is 7.91. The van der Waals surface area contributed by atoms with Gasteiger partial charge in [0.25, 0.3) is 10.1 Å². The molecule has 1 atom stereocenters. The molecular formula is C7H11NO4S. The highest BCUT2D eigenvalue weighted by molar-refractivity contribution is 7.87. The average Bonchev–Trinajstić information content (AvgIpc) is 2.04. The second kappa shape index (κ2) is 3.13. The Morgan fingerprint density at radius 1 is 1.69 bits per heavy atom. The molecule has 1 aliphatic carbocycles. The topological polar surface area (TPSA) is 89.6 Å². The Balaban J connectivity index is 2.94. The number of allylic oxidation sites excluding steroid dienone is 1. The summed E-state index contributed by atoms with van der Waals surface area (Å²) in [5.41, 5.74) is 5.43. The minimum absolute atomic E-state index is 0.00546. The zero-order chi connectivity index (χ0) is 10.1. The molecule has 0 saturated carbocycles. The van der Waals surface area contributed by atoms with Crippen LogP contribution >= 0.6 is 0 Å². The minimum atomic E-state index is -4.27. The van der Waals surface area contributed by atoms with Crippen molar-refractivity contribution in [1.29, 1.82) is 0 Å². The van der Waals surface area contributed by atoms with E-state index in [0.29, 0.717) is 5.76 Å². The zero-order valence-electron chi connectivity index (χ0n) is 7.10. The fourth-order valence-electron chi connectivity index (χ4n) is 0.962. The molecule has 0 aromatic carbocycles. The maximum absolute atomic E-state index is 10.8. The van der Waals surface area contributed by atoms with E-state index in [1.165, 1.54) is 25.3 Å². The fourth-order valence-corrected chi connectivity index (χ4v) is 1.50. The highest BCUT2D eigenvalue weighted by Crippen LogP contribution is 2.23. The molecule has 0 heterocycles. The molecule has 0 aromatic heterocycles. The number of hydrogen-bond donors (Lipinski definition) is 2. The second-order valence-electron chi connectivity index (χ2n) is 2.78. The van der Waals surface area contributed by atoms with Gasteiger partial charge in [0, 0.05) is 6.42 Å². The minimum Gasteiger partial charge on any atom is -0.497 e. The van der Waals surface area contributed by atoms with Crippen molar-refractivity contribution in [3.8, 4) is 0 Å². The molecule has 0 aromatic rings. The summed E-state index contributed by atoms with van der Waals surface area (Å²) >= 11 is 0. The first kappa shape index (κ1) is 10.2. The fraction of sp³-hybridized carbons (Fsp3) is 0.429. The van der Waals surface area contributed by atoms with E-state index in [1.807, 2.05) is 0 Å². The molecular weight excluding hydrogens is 194 g/mol. The van der Waals surface area contributed by atoms with Crippen molar-refractivity contribution in [3.05, 3.63) is 24.0 Å². The standard InChI is InChI=1S/C7H11NO4S/c1-12-6-2-4-7(8,5-3-6)13(9,10)11/h2-4H,5,8H2,1H3,(H,9,10,11). The maximum Gasteiger partial charge on any atom is 0.287 e. The lowest BCUT2D eigenvalue weighted by Crippen LogP contribution is -2.46. The van der Waals surface area contributed by atoms with Gasteiger partial charge in [-0.1, -0.05) is 0 Å². The number of ether oxygens (including phenoxy) is 1. The Kier molecular flexibility index (Phi) is 2.47. The summed E-state index contributed by atoms with van der Waals surface area (Å²) < 4.78 is 35.3. The van der Waals surface area contributed by atoms with Gasteiger partial charge in [-0.15, -0.1) is 0 Å². The van der Waals surface area contributed by atoms with E-state index < -0.39 is 15.0 Å². The second-order valence-corrected chi connectivity index (χ2v) is 4.49. The number of methoxy groups -OCH3 is 1. The molecule has 6 heteroatoms. The van der Waals surface area contributed by atoms with Crippen molar-refractivity contribution in [2.75, 3.05) is 7.11 Å². The first-order chi connectivity index (χ1) is 5.89. The Labute approximate surface area is 76.6 Å². The summed E-state index contributed by atoms with van der Waals surface area (Å²) in [7, 11) is -2.80.